The van der Waals surface area contributed by atoms with Crippen LogP contribution >= 0.6 is 33.9 Å². The first-order chi connectivity index (χ1) is 6.74. The first-order valence-electron chi connectivity index (χ1n) is 4.26. The highest BCUT2D eigenvalue weighted by atomic mass is 127. The molecule has 0 saturated heterocycles. The van der Waals surface area contributed by atoms with Crippen LogP contribution < -0.4 is 0 Å². The normalized spacial score (nSPS) is 10.4. The molecule has 70 valence electrons. The van der Waals surface area contributed by atoms with Crippen molar-refractivity contribution in [1.82, 2.24) is 0 Å². The Balaban J connectivity index is 2.81. The molecule has 0 spiro atoms. The van der Waals surface area contributed by atoms with E-state index in [1.165, 1.54) is 24.8 Å². The molecule has 1 heterocycles. The maximum atomic E-state index is 8.78. The summed E-state index contributed by atoms with van der Waals surface area (Å²) in [5.41, 5.74) is 2.45. The van der Waals surface area contributed by atoms with Gasteiger partial charge in [-0.25, -0.2) is 0 Å². The second-order valence-corrected chi connectivity index (χ2v) is 5.21. The highest BCUT2D eigenvalue weighted by Crippen LogP contribution is 2.30. The molecule has 14 heavy (non-hydrogen) atoms. The third-order valence-corrected chi connectivity index (χ3v) is 4.43. The van der Waals surface area contributed by atoms with Crippen molar-refractivity contribution in [2.24, 2.45) is 0 Å². The standard InChI is InChI=1S/C11H8INS/c1-7-9(2-4-13)11-8(3-5-14-11)6-10(7)12/h3,5-6H,2H2,1H3. The summed E-state index contributed by atoms with van der Waals surface area (Å²) in [4.78, 5) is 0. The third kappa shape index (κ3) is 1.53. The van der Waals surface area contributed by atoms with Gasteiger partial charge < -0.3 is 0 Å². The number of nitriles is 1. The van der Waals surface area contributed by atoms with Crippen LogP contribution in [0.5, 0.6) is 0 Å². The van der Waals surface area contributed by atoms with Crippen LogP contribution in [-0.4, -0.2) is 0 Å². The van der Waals surface area contributed by atoms with Crippen LogP contribution in [0.3, 0.4) is 0 Å². The summed E-state index contributed by atoms with van der Waals surface area (Å²) in [5, 5.41) is 12.1. The van der Waals surface area contributed by atoms with Gasteiger partial charge in [-0.2, -0.15) is 5.26 Å². The number of rotatable bonds is 1. The van der Waals surface area contributed by atoms with Crippen molar-refractivity contribution in [3.63, 3.8) is 0 Å². The highest BCUT2D eigenvalue weighted by molar-refractivity contribution is 14.1. The Morgan fingerprint density at radius 1 is 1.57 bits per heavy atom. The van der Waals surface area contributed by atoms with Gasteiger partial charge in [-0.1, -0.05) is 0 Å². The van der Waals surface area contributed by atoms with E-state index in [-0.39, 0.29) is 0 Å². The van der Waals surface area contributed by atoms with Crippen LogP contribution in [0.25, 0.3) is 10.1 Å². The number of hydrogen-bond donors (Lipinski definition) is 0. The predicted octanol–water partition coefficient (Wildman–Crippen LogP) is 3.88. The quantitative estimate of drug-likeness (QED) is 0.733. The molecule has 3 heteroatoms. The van der Waals surface area contributed by atoms with Crippen LogP contribution in [0.2, 0.25) is 0 Å². The predicted molar refractivity (Wildman–Crippen MR) is 68.6 cm³/mol. The largest absolute Gasteiger partial charge is 0.198 e. The van der Waals surface area contributed by atoms with Crippen molar-refractivity contribution >= 4 is 44.0 Å². The molecule has 1 aromatic carbocycles. The molecule has 1 nitrogen and oxygen atoms in total. The molecule has 0 saturated carbocycles. The van der Waals surface area contributed by atoms with Crippen LogP contribution in [0.15, 0.2) is 17.5 Å². The number of thiophene rings is 1. The smallest absolute Gasteiger partial charge is 0.0670 e. The van der Waals surface area contributed by atoms with E-state index in [0.717, 1.165) is 0 Å². The van der Waals surface area contributed by atoms with Gasteiger partial charge in [-0.3, -0.25) is 0 Å². The minimum absolute atomic E-state index is 0.514. The summed E-state index contributed by atoms with van der Waals surface area (Å²) < 4.78 is 2.52. The van der Waals surface area contributed by atoms with E-state index in [2.05, 4.69) is 53.1 Å². The molecule has 0 radical (unpaired) electrons. The lowest BCUT2D eigenvalue weighted by atomic mass is 10.0. The van der Waals surface area contributed by atoms with Gasteiger partial charge in [0.2, 0.25) is 0 Å². The Morgan fingerprint density at radius 3 is 3.07 bits per heavy atom. The van der Waals surface area contributed by atoms with E-state index in [9.17, 15) is 0 Å². The number of fused-ring (bicyclic) bond motifs is 1. The van der Waals surface area contributed by atoms with Crippen molar-refractivity contribution in [3.8, 4) is 6.07 Å². The maximum Gasteiger partial charge on any atom is 0.0670 e. The highest BCUT2D eigenvalue weighted by Gasteiger charge is 2.08. The van der Waals surface area contributed by atoms with Crippen LogP contribution in [0, 0.1) is 21.8 Å². The molecular weight excluding hydrogens is 305 g/mol. The molecule has 0 amide bonds. The van der Waals surface area contributed by atoms with Gasteiger partial charge in [0.15, 0.2) is 0 Å². The second-order valence-electron chi connectivity index (χ2n) is 3.14. The zero-order valence-electron chi connectivity index (χ0n) is 7.67. The van der Waals surface area contributed by atoms with Crippen molar-refractivity contribution in [2.45, 2.75) is 13.3 Å². The molecule has 0 aliphatic carbocycles. The molecule has 1 aromatic heterocycles. The number of halogens is 1. The van der Waals surface area contributed by atoms with E-state index in [1.807, 2.05) is 0 Å². The summed E-state index contributed by atoms with van der Waals surface area (Å²) in [5.74, 6) is 0. The van der Waals surface area contributed by atoms with Gasteiger partial charge in [0.25, 0.3) is 0 Å². The van der Waals surface area contributed by atoms with Crippen molar-refractivity contribution in [1.29, 1.82) is 5.26 Å². The number of benzene rings is 1. The third-order valence-electron chi connectivity index (χ3n) is 2.32. The minimum atomic E-state index is 0.514. The van der Waals surface area contributed by atoms with Crippen molar-refractivity contribution < 1.29 is 0 Å². The average molecular weight is 313 g/mol. The summed E-state index contributed by atoms with van der Waals surface area (Å²) in [6.45, 7) is 2.09. The first-order valence-corrected chi connectivity index (χ1v) is 6.22. The Labute approximate surface area is 101 Å². The van der Waals surface area contributed by atoms with Crippen LogP contribution in [0.1, 0.15) is 11.1 Å². The zero-order chi connectivity index (χ0) is 10.1. The Morgan fingerprint density at radius 2 is 2.36 bits per heavy atom. The minimum Gasteiger partial charge on any atom is -0.198 e. The molecule has 0 aliphatic heterocycles. The molecule has 0 unspecified atom stereocenters. The Bertz CT molecular complexity index is 522. The van der Waals surface area contributed by atoms with E-state index in [1.54, 1.807) is 11.3 Å². The molecule has 0 aliphatic rings. The fourth-order valence-corrected chi connectivity index (χ4v) is 3.17. The lowest BCUT2D eigenvalue weighted by molar-refractivity contribution is 1.23. The van der Waals surface area contributed by atoms with Gasteiger partial charge in [-0.15, -0.1) is 11.3 Å². The van der Waals surface area contributed by atoms with Crippen LogP contribution in [-0.2, 0) is 6.42 Å². The second kappa shape index (κ2) is 3.87. The zero-order valence-corrected chi connectivity index (χ0v) is 10.6. The van der Waals surface area contributed by atoms with Gasteiger partial charge in [0.05, 0.1) is 12.5 Å². The number of nitrogens with zero attached hydrogens (tertiary/aromatic N) is 1. The average Bonchev–Trinajstić information content (AvgIpc) is 2.60. The fourth-order valence-electron chi connectivity index (χ4n) is 1.53. The molecular formula is C11H8INS. The lowest BCUT2D eigenvalue weighted by Crippen LogP contribution is -1.91. The van der Waals surface area contributed by atoms with Crippen molar-refractivity contribution in [2.75, 3.05) is 0 Å². The van der Waals surface area contributed by atoms with Gasteiger partial charge in [-0.05, 0) is 63.5 Å². The summed E-state index contributed by atoms with van der Waals surface area (Å²) in [6.07, 6.45) is 0.514. The molecule has 0 bridgehead atoms. The van der Waals surface area contributed by atoms with E-state index in [0.29, 0.717) is 6.42 Å². The van der Waals surface area contributed by atoms with E-state index in [4.69, 9.17) is 5.26 Å². The molecule has 2 rings (SSSR count). The SMILES string of the molecule is Cc1c(I)cc2ccsc2c1CC#N. The molecule has 2 aromatic rings. The van der Waals surface area contributed by atoms with Crippen LogP contribution in [0.4, 0.5) is 0 Å². The van der Waals surface area contributed by atoms with Gasteiger partial charge >= 0.3 is 0 Å². The summed E-state index contributed by atoms with van der Waals surface area (Å²) in [6, 6.07) is 6.53. The van der Waals surface area contributed by atoms with Crippen molar-refractivity contribution in [3.05, 3.63) is 32.2 Å². The van der Waals surface area contributed by atoms with Gasteiger partial charge in [0.1, 0.15) is 0 Å². The summed E-state index contributed by atoms with van der Waals surface area (Å²) >= 11 is 4.05. The van der Waals surface area contributed by atoms with Gasteiger partial charge in [0, 0.05) is 8.27 Å². The molecule has 0 N–H and O–H groups in total. The molecule has 0 fully saturated rings. The van der Waals surface area contributed by atoms with E-state index >= 15 is 0 Å². The molecule has 0 atom stereocenters. The lowest BCUT2D eigenvalue weighted by Gasteiger charge is -2.05. The van der Waals surface area contributed by atoms with E-state index < -0.39 is 0 Å². The Kier molecular flexibility index (Phi) is 2.75. The summed E-state index contributed by atoms with van der Waals surface area (Å²) in [7, 11) is 0. The Hall–Kier alpha value is -0.600. The first kappa shape index (κ1) is 9.94. The fraction of sp³-hybridized carbons (Fsp3) is 0.182. The monoisotopic (exact) mass is 313 g/mol. The topological polar surface area (TPSA) is 23.8 Å². The maximum absolute atomic E-state index is 8.78. The number of hydrogen-bond acceptors (Lipinski definition) is 2.